The molecule has 1 aliphatic heterocycles. The van der Waals surface area contributed by atoms with Crippen LogP contribution in [0.3, 0.4) is 0 Å². The summed E-state index contributed by atoms with van der Waals surface area (Å²) < 4.78 is 5.67. The number of ether oxygens (including phenoxy) is 1. The molecule has 0 saturated carbocycles. The molecule has 0 aliphatic carbocycles. The summed E-state index contributed by atoms with van der Waals surface area (Å²) in [6.45, 7) is 5.96. The largest absolute Gasteiger partial charge is 0.491 e. The van der Waals surface area contributed by atoms with Crippen LogP contribution in [0, 0.1) is 0 Å². The molecular formula is C19H22N2O. The summed E-state index contributed by atoms with van der Waals surface area (Å²) in [7, 11) is 0. The second kappa shape index (κ2) is 6.65. The topological polar surface area (TPSA) is 24.8 Å². The van der Waals surface area contributed by atoms with E-state index in [1.807, 2.05) is 32.3 Å². The van der Waals surface area contributed by atoms with Crippen LogP contribution < -0.4 is 9.64 Å². The smallest absolute Gasteiger partial charge is 0.119 e. The lowest BCUT2D eigenvalue weighted by atomic mass is 10.0. The van der Waals surface area contributed by atoms with Gasteiger partial charge in [-0.15, -0.1) is 0 Å². The molecule has 2 aromatic carbocycles. The van der Waals surface area contributed by atoms with Crippen LogP contribution in [0.4, 0.5) is 5.69 Å². The molecule has 0 unspecified atom stereocenters. The molecule has 2 aromatic rings. The van der Waals surface area contributed by atoms with E-state index in [-0.39, 0.29) is 6.10 Å². The summed E-state index contributed by atoms with van der Waals surface area (Å²) in [6.07, 6.45) is 3.08. The van der Waals surface area contributed by atoms with Crippen molar-refractivity contribution in [2.24, 2.45) is 4.99 Å². The maximum absolute atomic E-state index is 5.67. The zero-order chi connectivity index (χ0) is 15.4. The second-order valence-electron chi connectivity index (χ2n) is 5.87. The van der Waals surface area contributed by atoms with E-state index in [0.29, 0.717) is 0 Å². The molecule has 0 saturated heterocycles. The minimum absolute atomic E-state index is 0.215. The van der Waals surface area contributed by atoms with E-state index >= 15 is 0 Å². The van der Waals surface area contributed by atoms with Gasteiger partial charge in [0.05, 0.1) is 19.0 Å². The van der Waals surface area contributed by atoms with Crippen LogP contribution >= 0.6 is 0 Å². The monoisotopic (exact) mass is 294 g/mol. The third kappa shape index (κ3) is 3.67. The van der Waals surface area contributed by atoms with Crippen molar-refractivity contribution in [2.75, 3.05) is 18.0 Å². The molecule has 1 heterocycles. The highest BCUT2D eigenvalue weighted by Gasteiger charge is 2.07. The van der Waals surface area contributed by atoms with Crippen LogP contribution in [0.2, 0.25) is 0 Å². The molecule has 3 heteroatoms. The van der Waals surface area contributed by atoms with Gasteiger partial charge in [0.1, 0.15) is 5.75 Å². The maximum Gasteiger partial charge on any atom is 0.119 e. The van der Waals surface area contributed by atoms with Crippen molar-refractivity contribution in [3.8, 4) is 5.75 Å². The van der Waals surface area contributed by atoms with E-state index in [4.69, 9.17) is 4.74 Å². The van der Waals surface area contributed by atoms with Gasteiger partial charge in [0, 0.05) is 12.2 Å². The fraction of sp³-hybridized carbons (Fsp3) is 0.316. The molecule has 0 N–H and O–H groups in total. The molecule has 114 valence electrons. The third-order valence-corrected chi connectivity index (χ3v) is 3.66. The molecule has 0 radical (unpaired) electrons. The van der Waals surface area contributed by atoms with Gasteiger partial charge in [-0.3, -0.25) is 4.99 Å². The zero-order valence-corrected chi connectivity index (χ0v) is 13.2. The van der Waals surface area contributed by atoms with Crippen molar-refractivity contribution in [3.05, 3.63) is 59.7 Å². The fourth-order valence-electron chi connectivity index (χ4n) is 2.57. The Balaban J connectivity index is 1.64. The molecule has 22 heavy (non-hydrogen) atoms. The summed E-state index contributed by atoms with van der Waals surface area (Å²) in [4.78, 5) is 6.43. The van der Waals surface area contributed by atoms with E-state index in [2.05, 4.69) is 46.3 Å². The Morgan fingerprint density at radius 2 is 1.64 bits per heavy atom. The SMILES string of the molecule is CC(C)Oc1ccc(Cc2ccc(N3C=NCC3)cc2)cc1. The van der Waals surface area contributed by atoms with Crippen LogP contribution in [0.5, 0.6) is 5.75 Å². The van der Waals surface area contributed by atoms with Crippen molar-refractivity contribution in [1.82, 2.24) is 0 Å². The number of aliphatic imine (C=N–C) groups is 1. The summed E-state index contributed by atoms with van der Waals surface area (Å²) in [5, 5.41) is 0. The van der Waals surface area contributed by atoms with E-state index in [9.17, 15) is 0 Å². The number of rotatable bonds is 5. The molecule has 0 fully saturated rings. The highest BCUT2D eigenvalue weighted by atomic mass is 16.5. The van der Waals surface area contributed by atoms with E-state index in [1.165, 1.54) is 16.8 Å². The van der Waals surface area contributed by atoms with E-state index in [0.717, 1.165) is 25.3 Å². The highest BCUT2D eigenvalue weighted by Crippen LogP contribution is 2.19. The van der Waals surface area contributed by atoms with Gasteiger partial charge >= 0.3 is 0 Å². The second-order valence-corrected chi connectivity index (χ2v) is 5.87. The lowest BCUT2D eigenvalue weighted by molar-refractivity contribution is 0.242. The predicted molar refractivity (Wildman–Crippen MR) is 92.2 cm³/mol. The Labute approximate surface area is 132 Å². The van der Waals surface area contributed by atoms with E-state index < -0.39 is 0 Å². The molecule has 0 bridgehead atoms. The van der Waals surface area contributed by atoms with Crippen molar-refractivity contribution >= 4 is 12.0 Å². The average Bonchev–Trinajstić information content (AvgIpc) is 3.04. The summed E-state index contributed by atoms with van der Waals surface area (Å²) >= 11 is 0. The molecule has 1 aliphatic rings. The normalized spacial score (nSPS) is 13.9. The summed E-state index contributed by atoms with van der Waals surface area (Å²) in [5.74, 6) is 0.933. The molecule has 3 nitrogen and oxygen atoms in total. The lowest BCUT2D eigenvalue weighted by Gasteiger charge is -2.14. The van der Waals surface area contributed by atoms with Crippen molar-refractivity contribution in [2.45, 2.75) is 26.4 Å². The number of hydrogen-bond donors (Lipinski definition) is 0. The van der Waals surface area contributed by atoms with Gasteiger partial charge in [0.25, 0.3) is 0 Å². The van der Waals surface area contributed by atoms with Gasteiger partial charge in [0.2, 0.25) is 0 Å². The Morgan fingerprint density at radius 3 is 2.18 bits per heavy atom. The average molecular weight is 294 g/mol. The fourth-order valence-corrected chi connectivity index (χ4v) is 2.57. The van der Waals surface area contributed by atoms with Gasteiger partial charge in [0.15, 0.2) is 0 Å². The zero-order valence-electron chi connectivity index (χ0n) is 13.2. The number of benzene rings is 2. The van der Waals surface area contributed by atoms with Gasteiger partial charge in [-0.25, -0.2) is 0 Å². The Hall–Kier alpha value is -2.29. The van der Waals surface area contributed by atoms with Crippen LogP contribution in [-0.2, 0) is 6.42 Å². The Kier molecular flexibility index (Phi) is 4.42. The molecule has 0 spiro atoms. The predicted octanol–water partition coefficient (Wildman–Crippen LogP) is 3.91. The lowest BCUT2D eigenvalue weighted by Crippen LogP contribution is -2.17. The van der Waals surface area contributed by atoms with Crippen molar-refractivity contribution < 1.29 is 4.74 Å². The van der Waals surface area contributed by atoms with Crippen LogP contribution in [0.15, 0.2) is 53.5 Å². The van der Waals surface area contributed by atoms with Crippen LogP contribution in [0.1, 0.15) is 25.0 Å². The van der Waals surface area contributed by atoms with Crippen LogP contribution in [-0.4, -0.2) is 25.5 Å². The van der Waals surface area contributed by atoms with Crippen molar-refractivity contribution in [3.63, 3.8) is 0 Å². The quantitative estimate of drug-likeness (QED) is 0.835. The van der Waals surface area contributed by atoms with Crippen LogP contribution in [0.25, 0.3) is 0 Å². The highest BCUT2D eigenvalue weighted by molar-refractivity contribution is 5.80. The first-order valence-electron chi connectivity index (χ1n) is 7.82. The standard InChI is InChI=1S/C19H22N2O/c1-15(2)22-19-9-5-17(6-10-19)13-16-3-7-18(8-4-16)21-12-11-20-14-21/h3-10,14-15H,11-13H2,1-2H3. The van der Waals surface area contributed by atoms with E-state index in [1.54, 1.807) is 0 Å². The molecule has 0 atom stereocenters. The minimum Gasteiger partial charge on any atom is -0.491 e. The molecule has 0 aromatic heterocycles. The number of anilines is 1. The molecule has 0 amide bonds. The number of nitrogens with zero attached hydrogens (tertiary/aromatic N) is 2. The molecule has 3 rings (SSSR count). The minimum atomic E-state index is 0.215. The third-order valence-electron chi connectivity index (χ3n) is 3.66. The Morgan fingerprint density at radius 1 is 1.00 bits per heavy atom. The summed E-state index contributed by atoms with van der Waals surface area (Å²) in [6, 6.07) is 17.1. The first-order chi connectivity index (χ1) is 10.7. The van der Waals surface area contributed by atoms with Gasteiger partial charge in [-0.05, 0) is 55.7 Å². The van der Waals surface area contributed by atoms with Gasteiger partial charge < -0.3 is 9.64 Å². The Bertz CT molecular complexity index is 629. The molecular weight excluding hydrogens is 272 g/mol. The summed E-state index contributed by atoms with van der Waals surface area (Å²) in [5.41, 5.74) is 3.83. The van der Waals surface area contributed by atoms with Gasteiger partial charge in [-0.1, -0.05) is 24.3 Å². The number of hydrogen-bond acceptors (Lipinski definition) is 3. The van der Waals surface area contributed by atoms with Crippen molar-refractivity contribution in [1.29, 1.82) is 0 Å². The first-order valence-corrected chi connectivity index (χ1v) is 7.82. The maximum atomic E-state index is 5.67. The van der Waals surface area contributed by atoms with Gasteiger partial charge in [-0.2, -0.15) is 0 Å². The first kappa shape index (κ1) is 14.6.